The lowest BCUT2D eigenvalue weighted by atomic mass is 10.5. The Hall–Kier alpha value is -1.63. The molecule has 0 unspecified atom stereocenters. The zero-order valence-corrected chi connectivity index (χ0v) is 8.41. The van der Waals surface area contributed by atoms with Crippen LogP contribution in [0.4, 0.5) is 0 Å². The van der Waals surface area contributed by atoms with E-state index in [1.165, 1.54) is 10.9 Å². The average molecular weight is 257 g/mol. The minimum atomic E-state index is -0.537. The van der Waals surface area contributed by atoms with Crippen molar-refractivity contribution in [1.29, 1.82) is 0 Å². The standard InChI is InChI=1S/C7H5BrN4O2/c8-4-1-10-12(3-4)5-2-9-7(14)11-6(5)13/h1-3H,(H2,9,11,13,14). The third-order valence-corrected chi connectivity index (χ3v) is 2.01. The minimum Gasteiger partial charge on any atom is -0.312 e. The molecule has 0 aliphatic rings. The Morgan fingerprint density at radius 1 is 1.43 bits per heavy atom. The summed E-state index contributed by atoms with van der Waals surface area (Å²) in [7, 11) is 0. The van der Waals surface area contributed by atoms with Crippen molar-refractivity contribution in [3.05, 3.63) is 43.9 Å². The van der Waals surface area contributed by atoms with Gasteiger partial charge in [0.25, 0.3) is 5.56 Å². The highest BCUT2D eigenvalue weighted by molar-refractivity contribution is 9.10. The van der Waals surface area contributed by atoms with Gasteiger partial charge in [-0.25, -0.2) is 9.48 Å². The van der Waals surface area contributed by atoms with Crippen molar-refractivity contribution in [2.45, 2.75) is 0 Å². The number of halogens is 1. The summed E-state index contributed by atoms with van der Waals surface area (Å²) < 4.78 is 2.11. The van der Waals surface area contributed by atoms with E-state index in [0.717, 1.165) is 4.47 Å². The van der Waals surface area contributed by atoms with Gasteiger partial charge in [-0.3, -0.25) is 9.78 Å². The van der Waals surface area contributed by atoms with Crippen LogP contribution in [-0.4, -0.2) is 19.7 Å². The SMILES string of the molecule is O=c1[nH]cc(-n2cc(Br)cn2)c(=O)[nH]1. The van der Waals surface area contributed by atoms with Gasteiger partial charge in [-0.1, -0.05) is 0 Å². The van der Waals surface area contributed by atoms with Gasteiger partial charge in [0.2, 0.25) is 0 Å². The van der Waals surface area contributed by atoms with Crippen LogP contribution in [0, 0.1) is 0 Å². The first-order valence-electron chi connectivity index (χ1n) is 3.69. The lowest BCUT2D eigenvalue weighted by molar-refractivity contribution is 0.842. The molecule has 0 bridgehead atoms. The maximum Gasteiger partial charge on any atom is 0.325 e. The van der Waals surface area contributed by atoms with Crippen LogP contribution in [0.2, 0.25) is 0 Å². The van der Waals surface area contributed by atoms with E-state index in [2.05, 4.69) is 31.0 Å². The first-order valence-corrected chi connectivity index (χ1v) is 4.48. The molecule has 2 N–H and O–H groups in total. The number of hydrogen-bond donors (Lipinski definition) is 2. The molecule has 6 nitrogen and oxygen atoms in total. The molecule has 2 aromatic rings. The topological polar surface area (TPSA) is 83.5 Å². The monoisotopic (exact) mass is 256 g/mol. The smallest absolute Gasteiger partial charge is 0.312 e. The number of rotatable bonds is 1. The van der Waals surface area contributed by atoms with Crippen LogP contribution >= 0.6 is 15.9 Å². The molecule has 0 aliphatic heterocycles. The highest BCUT2D eigenvalue weighted by Gasteiger charge is 2.03. The number of H-pyrrole nitrogens is 2. The number of aromatic nitrogens is 4. The first-order chi connectivity index (χ1) is 6.66. The predicted octanol–water partition coefficient (Wildman–Crippen LogP) is 0.0114. The lowest BCUT2D eigenvalue weighted by Gasteiger charge is -1.96. The van der Waals surface area contributed by atoms with E-state index >= 15 is 0 Å². The van der Waals surface area contributed by atoms with Crippen LogP contribution in [0.25, 0.3) is 5.69 Å². The summed E-state index contributed by atoms with van der Waals surface area (Å²) in [4.78, 5) is 26.5. The number of nitrogens with one attached hydrogen (secondary N) is 2. The van der Waals surface area contributed by atoms with Crippen LogP contribution in [-0.2, 0) is 0 Å². The molecule has 2 aromatic heterocycles. The molecule has 0 aliphatic carbocycles. The molecule has 0 spiro atoms. The van der Waals surface area contributed by atoms with Gasteiger partial charge in [0, 0.05) is 12.4 Å². The summed E-state index contributed by atoms with van der Waals surface area (Å²) in [5.74, 6) is 0. The Bertz CT molecular complexity index is 567. The molecule has 72 valence electrons. The Labute approximate surface area is 85.7 Å². The molecular formula is C7H5BrN4O2. The zero-order valence-electron chi connectivity index (χ0n) is 6.82. The van der Waals surface area contributed by atoms with Crippen LogP contribution in [0.5, 0.6) is 0 Å². The minimum absolute atomic E-state index is 0.260. The summed E-state index contributed by atoms with van der Waals surface area (Å²) in [6.07, 6.45) is 4.47. The second kappa shape index (κ2) is 3.26. The molecule has 2 heterocycles. The fraction of sp³-hybridized carbons (Fsp3) is 0. The van der Waals surface area contributed by atoms with E-state index in [1.54, 1.807) is 12.4 Å². The average Bonchev–Trinajstić information content (AvgIpc) is 2.51. The Kier molecular flexibility index (Phi) is 2.08. The molecule has 0 radical (unpaired) electrons. The normalized spacial score (nSPS) is 10.4. The van der Waals surface area contributed by atoms with Crippen molar-refractivity contribution >= 4 is 15.9 Å². The van der Waals surface area contributed by atoms with Crippen LogP contribution in [0.3, 0.4) is 0 Å². The third kappa shape index (κ3) is 1.53. The van der Waals surface area contributed by atoms with E-state index < -0.39 is 11.2 Å². The molecular weight excluding hydrogens is 252 g/mol. The summed E-state index contributed by atoms with van der Waals surface area (Å²) in [5.41, 5.74) is -0.760. The molecule has 0 saturated heterocycles. The van der Waals surface area contributed by atoms with Crippen LogP contribution < -0.4 is 11.2 Å². The van der Waals surface area contributed by atoms with Crippen molar-refractivity contribution < 1.29 is 0 Å². The summed E-state index contributed by atoms with van der Waals surface area (Å²) in [6, 6.07) is 0. The van der Waals surface area contributed by atoms with E-state index in [-0.39, 0.29) is 5.69 Å². The third-order valence-electron chi connectivity index (χ3n) is 1.60. The fourth-order valence-electron chi connectivity index (χ4n) is 1.01. The highest BCUT2D eigenvalue weighted by Crippen LogP contribution is 2.08. The predicted molar refractivity (Wildman–Crippen MR) is 52.5 cm³/mol. The Morgan fingerprint density at radius 3 is 2.79 bits per heavy atom. The van der Waals surface area contributed by atoms with Gasteiger partial charge in [-0.15, -0.1) is 0 Å². The molecule has 0 amide bonds. The maximum atomic E-state index is 11.3. The van der Waals surface area contributed by atoms with E-state index in [0.29, 0.717) is 0 Å². The number of hydrogen-bond acceptors (Lipinski definition) is 3. The van der Waals surface area contributed by atoms with Crippen molar-refractivity contribution in [2.24, 2.45) is 0 Å². The fourth-order valence-corrected chi connectivity index (χ4v) is 1.29. The second-order valence-electron chi connectivity index (χ2n) is 2.56. The lowest BCUT2D eigenvalue weighted by Crippen LogP contribution is -2.25. The van der Waals surface area contributed by atoms with Gasteiger partial charge in [0.15, 0.2) is 0 Å². The van der Waals surface area contributed by atoms with Gasteiger partial charge in [-0.2, -0.15) is 5.10 Å². The molecule has 2 rings (SSSR count). The zero-order chi connectivity index (χ0) is 10.1. The van der Waals surface area contributed by atoms with Crippen LogP contribution in [0.1, 0.15) is 0 Å². The molecule has 0 fully saturated rings. The molecule has 0 saturated carbocycles. The van der Waals surface area contributed by atoms with Crippen molar-refractivity contribution in [3.63, 3.8) is 0 Å². The van der Waals surface area contributed by atoms with E-state index in [4.69, 9.17) is 0 Å². The number of nitrogens with zero attached hydrogens (tertiary/aromatic N) is 2. The van der Waals surface area contributed by atoms with Crippen molar-refractivity contribution in [1.82, 2.24) is 19.7 Å². The van der Waals surface area contributed by atoms with Crippen molar-refractivity contribution in [2.75, 3.05) is 0 Å². The van der Waals surface area contributed by atoms with Gasteiger partial charge in [0.1, 0.15) is 5.69 Å². The maximum absolute atomic E-state index is 11.3. The molecule has 0 atom stereocenters. The Balaban J connectivity index is 2.63. The van der Waals surface area contributed by atoms with E-state index in [9.17, 15) is 9.59 Å². The van der Waals surface area contributed by atoms with Gasteiger partial charge >= 0.3 is 5.69 Å². The van der Waals surface area contributed by atoms with Crippen LogP contribution in [0.15, 0.2) is 32.7 Å². The Morgan fingerprint density at radius 2 is 2.21 bits per heavy atom. The molecule has 7 heteroatoms. The van der Waals surface area contributed by atoms with E-state index in [1.807, 2.05) is 0 Å². The molecule has 14 heavy (non-hydrogen) atoms. The van der Waals surface area contributed by atoms with Gasteiger partial charge in [0.05, 0.1) is 10.7 Å². The largest absolute Gasteiger partial charge is 0.325 e. The summed E-state index contributed by atoms with van der Waals surface area (Å²) in [6.45, 7) is 0. The summed E-state index contributed by atoms with van der Waals surface area (Å²) in [5, 5.41) is 3.90. The van der Waals surface area contributed by atoms with Gasteiger partial charge in [-0.05, 0) is 15.9 Å². The highest BCUT2D eigenvalue weighted by atomic mass is 79.9. The molecule has 0 aromatic carbocycles. The van der Waals surface area contributed by atoms with Crippen molar-refractivity contribution in [3.8, 4) is 5.69 Å². The summed E-state index contributed by atoms with van der Waals surface area (Å²) >= 11 is 3.20. The quantitative estimate of drug-likeness (QED) is 0.754. The second-order valence-corrected chi connectivity index (χ2v) is 3.48. The number of aromatic amines is 2. The van der Waals surface area contributed by atoms with Gasteiger partial charge < -0.3 is 4.98 Å². The first kappa shape index (κ1) is 8.95.